The fourth-order valence-corrected chi connectivity index (χ4v) is 4.38. The van der Waals surface area contributed by atoms with Crippen molar-refractivity contribution in [1.82, 2.24) is 10.3 Å². The Balaban J connectivity index is 1.75. The van der Waals surface area contributed by atoms with Gasteiger partial charge in [0.1, 0.15) is 5.60 Å². The summed E-state index contributed by atoms with van der Waals surface area (Å²) < 4.78 is 5.86. The lowest BCUT2D eigenvalue weighted by Gasteiger charge is -2.42. The van der Waals surface area contributed by atoms with Crippen LogP contribution in [0.4, 0.5) is 10.5 Å². The first-order valence-electron chi connectivity index (χ1n) is 11.9. The van der Waals surface area contributed by atoms with Gasteiger partial charge in [-0.2, -0.15) is 0 Å². The largest absolute Gasteiger partial charge is 0.438 e. The second-order valence-electron chi connectivity index (χ2n) is 10.2. The van der Waals surface area contributed by atoms with Crippen molar-refractivity contribution in [2.75, 3.05) is 0 Å². The highest BCUT2D eigenvalue weighted by atomic mass is 16.6. The van der Waals surface area contributed by atoms with Crippen LogP contribution in [0.15, 0.2) is 60.7 Å². The Morgan fingerprint density at radius 3 is 2.19 bits per heavy atom. The molecule has 3 aromatic rings. The van der Waals surface area contributed by atoms with Crippen LogP contribution in [0, 0.1) is 20.2 Å². The number of carbonyl (C=O) groups excluding carboxylic acids is 1. The van der Waals surface area contributed by atoms with E-state index in [0.29, 0.717) is 35.2 Å². The molecule has 0 unspecified atom stereocenters. The summed E-state index contributed by atoms with van der Waals surface area (Å²) in [5, 5.41) is 25.7. The number of hydrogen-bond acceptors (Lipinski definition) is 7. The number of hydrogen-bond donors (Lipinski definition) is 1. The molecule has 37 heavy (non-hydrogen) atoms. The third-order valence-electron chi connectivity index (χ3n) is 6.25. The van der Waals surface area contributed by atoms with Gasteiger partial charge in [0, 0.05) is 27.7 Å². The van der Waals surface area contributed by atoms with Crippen LogP contribution < -0.4 is 5.32 Å². The van der Waals surface area contributed by atoms with E-state index in [1.165, 1.54) is 6.07 Å². The molecule has 0 atom stereocenters. The number of pyridine rings is 1. The average Bonchev–Trinajstić information content (AvgIpc) is 2.80. The van der Waals surface area contributed by atoms with E-state index in [2.05, 4.69) is 10.3 Å². The van der Waals surface area contributed by atoms with Gasteiger partial charge in [-0.1, -0.05) is 54.6 Å². The van der Waals surface area contributed by atoms with E-state index < -0.39 is 39.3 Å². The molecule has 0 radical (unpaired) electrons. The zero-order chi connectivity index (χ0) is 26.8. The maximum atomic E-state index is 12.5. The zero-order valence-electron chi connectivity index (χ0n) is 20.9. The fraction of sp³-hybridized carbons (Fsp3) is 0.333. The van der Waals surface area contributed by atoms with E-state index in [1.54, 1.807) is 36.4 Å². The molecule has 10 nitrogen and oxygen atoms in total. The standard InChI is InChI=1S/C27H28N4O6/c1-26(2,3)29-25(32)37-27(14-7-15-27)20-12-10-19(11-13-20)24-21(18-8-5-4-6-9-18)16-23(31(35)36)22(28-24)17-30(33)34/h4-6,8-13,16H,7,14-15,17H2,1-3H3,(H,29,32). The molecule has 1 N–H and O–H groups in total. The summed E-state index contributed by atoms with van der Waals surface area (Å²) in [5.74, 6) is 0. The highest BCUT2D eigenvalue weighted by molar-refractivity contribution is 5.82. The van der Waals surface area contributed by atoms with Gasteiger partial charge in [0.05, 0.1) is 10.6 Å². The van der Waals surface area contributed by atoms with Crippen molar-refractivity contribution >= 4 is 11.8 Å². The van der Waals surface area contributed by atoms with Gasteiger partial charge in [-0.05, 0) is 51.2 Å². The number of amides is 1. The number of nitro groups is 2. The van der Waals surface area contributed by atoms with E-state index in [1.807, 2.05) is 39.0 Å². The average molecular weight is 505 g/mol. The van der Waals surface area contributed by atoms with E-state index in [-0.39, 0.29) is 5.69 Å². The topological polar surface area (TPSA) is 138 Å². The second-order valence-corrected chi connectivity index (χ2v) is 10.2. The smallest absolute Gasteiger partial charge is 0.408 e. The molecular formula is C27H28N4O6. The molecule has 0 saturated heterocycles. The van der Waals surface area contributed by atoms with Crippen LogP contribution in [-0.4, -0.2) is 26.5 Å². The number of rotatable bonds is 7. The second kappa shape index (κ2) is 9.96. The van der Waals surface area contributed by atoms with Crippen molar-refractivity contribution in [1.29, 1.82) is 0 Å². The Labute approximate surface area is 214 Å². The quantitative estimate of drug-likeness (QED) is 0.307. The van der Waals surface area contributed by atoms with Crippen molar-refractivity contribution in [3.05, 3.63) is 92.1 Å². The number of ether oxygens (including phenoxy) is 1. The Kier molecular flexibility index (Phi) is 6.93. The molecular weight excluding hydrogens is 476 g/mol. The first kappa shape index (κ1) is 25.7. The minimum atomic E-state index is -0.768. The van der Waals surface area contributed by atoms with Gasteiger partial charge >= 0.3 is 6.09 Å². The normalized spacial score (nSPS) is 14.4. The molecule has 192 valence electrons. The zero-order valence-corrected chi connectivity index (χ0v) is 20.9. The maximum absolute atomic E-state index is 12.5. The molecule has 1 saturated carbocycles. The summed E-state index contributed by atoms with van der Waals surface area (Å²) in [6, 6.07) is 17.7. The van der Waals surface area contributed by atoms with Crippen molar-refractivity contribution in [2.24, 2.45) is 0 Å². The molecule has 10 heteroatoms. The van der Waals surface area contributed by atoms with Gasteiger partial charge < -0.3 is 10.1 Å². The Morgan fingerprint density at radius 2 is 1.68 bits per heavy atom. The van der Waals surface area contributed by atoms with E-state index in [0.717, 1.165) is 12.0 Å². The Hall–Kier alpha value is -4.34. The summed E-state index contributed by atoms with van der Waals surface area (Å²) >= 11 is 0. The van der Waals surface area contributed by atoms with Crippen molar-refractivity contribution in [3.8, 4) is 22.4 Å². The Morgan fingerprint density at radius 1 is 1.03 bits per heavy atom. The molecule has 1 aromatic heterocycles. The van der Waals surface area contributed by atoms with Crippen LogP contribution in [-0.2, 0) is 16.9 Å². The van der Waals surface area contributed by atoms with Gasteiger partial charge in [0.25, 0.3) is 12.2 Å². The molecule has 4 rings (SSSR count). The minimum Gasteiger partial charge on any atom is -0.438 e. The third kappa shape index (κ3) is 5.74. The Bertz CT molecular complexity index is 1330. The van der Waals surface area contributed by atoms with Gasteiger partial charge in [-0.25, -0.2) is 9.78 Å². The SMILES string of the molecule is CC(C)(C)NC(=O)OC1(c2ccc(-c3nc(C[N+](=O)[O-])c([N+](=O)[O-])cc3-c3ccccc3)cc2)CCC1. The van der Waals surface area contributed by atoms with E-state index in [4.69, 9.17) is 4.74 Å². The monoisotopic (exact) mass is 504 g/mol. The molecule has 1 amide bonds. The van der Waals surface area contributed by atoms with Crippen LogP contribution in [0.25, 0.3) is 22.4 Å². The molecule has 0 spiro atoms. The minimum absolute atomic E-state index is 0.216. The number of nitrogens with zero attached hydrogens (tertiary/aromatic N) is 3. The maximum Gasteiger partial charge on any atom is 0.408 e. The summed E-state index contributed by atoms with van der Waals surface area (Å²) in [5.41, 5.74) is 1.28. The van der Waals surface area contributed by atoms with Crippen LogP contribution in [0.1, 0.15) is 51.3 Å². The van der Waals surface area contributed by atoms with Crippen molar-refractivity contribution in [2.45, 2.75) is 57.7 Å². The molecule has 1 aliphatic rings. The lowest BCUT2D eigenvalue weighted by atomic mass is 9.74. The van der Waals surface area contributed by atoms with Crippen LogP contribution in [0.2, 0.25) is 0 Å². The summed E-state index contributed by atoms with van der Waals surface area (Å²) in [6.45, 7) is 4.87. The predicted octanol–water partition coefficient (Wildman–Crippen LogP) is 6.00. The highest BCUT2D eigenvalue weighted by Crippen LogP contribution is 2.45. The van der Waals surface area contributed by atoms with Gasteiger partial charge in [0.2, 0.25) is 0 Å². The van der Waals surface area contributed by atoms with Crippen LogP contribution >= 0.6 is 0 Å². The number of alkyl carbamates (subject to hydrolysis) is 1. The van der Waals surface area contributed by atoms with Crippen LogP contribution in [0.5, 0.6) is 0 Å². The lowest BCUT2D eigenvalue weighted by Crippen LogP contribution is -2.47. The molecule has 1 heterocycles. The molecule has 0 bridgehead atoms. The van der Waals surface area contributed by atoms with E-state index >= 15 is 0 Å². The van der Waals surface area contributed by atoms with Crippen molar-refractivity contribution < 1.29 is 19.4 Å². The molecule has 0 aliphatic heterocycles. The predicted molar refractivity (Wildman–Crippen MR) is 137 cm³/mol. The molecule has 1 fully saturated rings. The van der Waals surface area contributed by atoms with Gasteiger partial charge in [-0.15, -0.1) is 0 Å². The first-order valence-corrected chi connectivity index (χ1v) is 11.9. The number of carbonyl (C=O) groups is 1. The lowest BCUT2D eigenvalue weighted by molar-refractivity contribution is -0.499. The molecule has 1 aliphatic carbocycles. The third-order valence-corrected chi connectivity index (χ3v) is 6.25. The van der Waals surface area contributed by atoms with Crippen LogP contribution in [0.3, 0.4) is 0 Å². The number of benzene rings is 2. The highest BCUT2D eigenvalue weighted by Gasteiger charge is 2.43. The molecule has 2 aromatic carbocycles. The summed E-state index contributed by atoms with van der Waals surface area (Å²) in [7, 11) is 0. The number of aromatic nitrogens is 1. The fourth-order valence-electron chi connectivity index (χ4n) is 4.38. The number of nitrogens with one attached hydrogen (secondary N) is 1. The van der Waals surface area contributed by atoms with Crippen molar-refractivity contribution in [3.63, 3.8) is 0 Å². The van der Waals surface area contributed by atoms with Gasteiger partial charge in [0.15, 0.2) is 5.69 Å². The van der Waals surface area contributed by atoms with E-state index in [9.17, 15) is 25.0 Å². The summed E-state index contributed by atoms with van der Waals surface area (Å²) in [4.78, 5) is 38.5. The van der Waals surface area contributed by atoms with Gasteiger partial charge in [-0.3, -0.25) is 20.2 Å². The summed E-state index contributed by atoms with van der Waals surface area (Å²) in [6.07, 6.45) is 1.84. The first-order chi connectivity index (χ1) is 17.5.